The lowest BCUT2D eigenvalue weighted by Crippen LogP contribution is -2.36. The van der Waals surface area contributed by atoms with Crippen LogP contribution in [0.2, 0.25) is 0 Å². The van der Waals surface area contributed by atoms with Crippen molar-refractivity contribution in [2.45, 2.75) is 13.1 Å². The molecule has 3 aromatic rings. The van der Waals surface area contributed by atoms with Crippen molar-refractivity contribution in [1.82, 2.24) is 30.2 Å². The molecule has 0 aromatic carbocycles. The smallest absolute Gasteiger partial charge is 0.191 e. The van der Waals surface area contributed by atoms with Crippen molar-refractivity contribution in [2.24, 2.45) is 4.99 Å². The van der Waals surface area contributed by atoms with E-state index < -0.39 is 0 Å². The van der Waals surface area contributed by atoms with Crippen molar-refractivity contribution in [1.29, 1.82) is 0 Å². The van der Waals surface area contributed by atoms with Gasteiger partial charge in [-0.05, 0) is 24.3 Å². The summed E-state index contributed by atoms with van der Waals surface area (Å²) in [5.41, 5.74) is 1.79. The van der Waals surface area contributed by atoms with Gasteiger partial charge in [0.2, 0.25) is 0 Å². The van der Waals surface area contributed by atoms with Crippen LogP contribution >= 0.6 is 24.0 Å². The van der Waals surface area contributed by atoms with E-state index in [1.165, 1.54) is 0 Å². The number of halogens is 1. The number of nitrogens with zero attached hydrogens (tertiary/aromatic N) is 5. The molecule has 0 amide bonds. The largest absolute Gasteiger partial charge is 0.351 e. The number of aliphatic imine (C=N–C) groups is 1. The molecule has 120 valence electrons. The molecule has 0 atom stereocenters. The minimum absolute atomic E-state index is 0. The summed E-state index contributed by atoms with van der Waals surface area (Å²) in [5, 5.41) is 14.7. The Morgan fingerprint density at radius 3 is 2.70 bits per heavy atom. The highest BCUT2D eigenvalue weighted by atomic mass is 127. The monoisotopic (exact) mass is 423 g/mol. The van der Waals surface area contributed by atoms with Crippen LogP contribution in [0.4, 0.5) is 0 Å². The highest BCUT2D eigenvalue weighted by Crippen LogP contribution is 2.02. The van der Waals surface area contributed by atoms with E-state index in [2.05, 4.69) is 30.8 Å². The van der Waals surface area contributed by atoms with Crippen LogP contribution in [0, 0.1) is 0 Å². The Balaban J connectivity index is 0.00000192. The third kappa shape index (κ3) is 4.38. The van der Waals surface area contributed by atoms with Gasteiger partial charge < -0.3 is 10.6 Å². The average molecular weight is 423 g/mol. The molecule has 8 heteroatoms. The van der Waals surface area contributed by atoms with Crippen LogP contribution < -0.4 is 10.6 Å². The van der Waals surface area contributed by atoms with E-state index >= 15 is 0 Å². The molecule has 0 bridgehead atoms. The van der Waals surface area contributed by atoms with Crippen molar-refractivity contribution in [3.63, 3.8) is 0 Å². The van der Waals surface area contributed by atoms with Crippen molar-refractivity contribution in [3.05, 3.63) is 60.3 Å². The number of hydrogen-bond acceptors (Lipinski definition) is 4. The topological polar surface area (TPSA) is 79.5 Å². The number of fused-ring (bicyclic) bond motifs is 1. The first-order valence-electron chi connectivity index (χ1n) is 7.00. The Labute approximate surface area is 151 Å². The molecular weight excluding hydrogens is 405 g/mol. The van der Waals surface area contributed by atoms with E-state index in [0.717, 1.165) is 17.2 Å². The van der Waals surface area contributed by atoms with Gasteiger partial charge in [-0.3, -0.25) is 14.4 Å². The second kappa shape index (κ2) is 8.42. The zero-order valence-electron chi connectivity index (χ0n) is 12.7. The summed E-state index contributed by atoms with van der Waals surface area (Å²) in [4.78, 5) is 8.46. The molecule has 2 N–H and O–H groups in total. The highest BCUT2D eigenvalue weighted by Gasteiger charge is 2.05. The standard InChI is InChI=1S/C15H17N7.HI/c1-16-15(18-10-12-6-2-4-8-17-12)19-11-14-21-20-13-7-3-5-9-22(13)14;/h2-9H,10-11H2,1H3,(H2,16,18,19);1H. The summed E-state index contributed by atoms with van der Waals surface area (Å²) in [5.74, 6) is 1.52. The molecule has 0 aliphatic carbocycles. The van der Waals surface area contributed by atoms with E-state index in [-0.39, 0.29) is 24.0 Å². The van der Waals surface area contributed by atoms with E-state index in [9.17, 15) is 0 Å². The Kier molecular flexibility index (Phi) is 6.27. The predicted molar refractivity (Wildman–Crippen MR) is 99.7 cm³/mol. The van der Waals surface area contributed by atoms with Gasteiger partial charge in [0.1, 0.15) is 0 Å². The fraction of sp³-hybridized carbons (Fsp3) is 0.200. The molecule has 0 fully saturated rings. The molecule has 0 aliphatic rings. The molecule has 0 spiro atoms. The predicted octanol–water partition coefficient (Wildman–Crippen LogP) is 1.61. The first kappa shape index (κ1) is 17.1. The van der Waals surface area contributed by atoms with Crippen molar-refractivity contribution >= 4 is 35.6 Å². The van der Waals surface area contributed by atoms with Gasteiger partial charge in [-0.1, -0.05) is 12.1 Å². The third-order valence-corrected chi connectivity index (χ3v) is 3.18. The summed E-state index contributed by atoms with van der Waals surface area (Å²) in [6.45, 7) is 1.15. The van der Waals surface area contributed by atoms with Crippen molar-refractivity contribution in [2.75, 3.05) is 7.05 Å². The quantitative estimate of drug-likeness (QED) is 0.379. The normalized spacial score (nSPS) is 11.1. The van der Waals surface area contributed by atoms with Gasteiger partial charge >= 0.3 is 0 Å². The molecule has 23 heavy (non-hydrogen) atoms. The van der Waals surface area contributed by atoms with Crippen LogP contribution in [0.3, 0.4) is 0 Å². The minimum Gasteiger partial charge on any atom is -0.351 e. The van der Waals surface area contributed by atoms with Gasteiger partial charge in [0.05, 0.1) is 18.8 Å². The molecule has 3 rings (SSSR count). The number of aromatic nitrogens is 4. The summed E-state index contributed by atoms with van der Waals surface area (Å²) in [7, 11) is 1.73. The molecule has 0 saturated carbocycles. The summed E-state index contributed by atoms with van der Waals surface area (Å²) < 4.78 is 1.94. The molecular formula is C15H18IN7. The van der Waals surface area contributed by atoms with Gasteiger partial charge in [0.25, 0.3) is 0 Å². The van der Waals surface area contributed by atoms with Crippen LogP contribution in [-0.4, -0.2) is 32.6 Å². The van der Waals surface area contributed by atoms with Crippen molar-refractivity contribution in [3.8, 4) is 0 Å². The van der Waals surface area contributed by atoms with Gasteiger partial charge in [-0.2, -0.15) is 0 Å². The zero-order valence-corrected chi connectivity index (χ0v) is 15.0. The zero-order chi connectivity index (χ0) is 15.2. The van der Waals surface area contributed by atoms with Gasteiger partial charge in [0, 0.05) is 19.4 Å². The van der Waals surface area contributed by atoms with Crippen LogP contribution in [0.1, 0.15) is 11.5 Å². The SMILES string of the molecule is CN=C(NCc1ccccn1)NCc1nnc2ccccn12.I. The van der Waals surface area contributed by atoms with Gasteiger partial charge in [0.15, 0.2) is 17.4 Å². The van der Waals surface area contributed by atoms with Crippen LogP contribution in [0.15, 0.2) is 53.8 Å². The maximum absolute atomic E-state index is 4.26. The van der Waals surface area contributed by atoms with E-state index in [0.29, 0.717) is 19.0 Å². The van der Waals surface area contributed by atoms with Crippen LogP contribution in [-0.2, 0) is 13.1 Å². The summed E-state index contributed by atoms with van der Waals surface area (Å²) in [6, 6.07) is 11.6. The average Bonchev–Trinajstić information content (AvgIpc) is 2.99. The lowest BCUT2D eigenvalue weighted by atomic mass is 10.3. The first-order valence-corrected chi connectivity index (χ1v) is 7.00. The van der Waals surface area contributed by atoms with Gasteiger partial charge in [-0.15, -0.1) is 34.2 Å². The number of hydrogen-bond donors (Lipinski definition) is 2. The highest BCUT2D eigenvalue weighted by molar-refractivity contribution is 14.0. The molecule has 0 radical (unpaired) electrons. The fourth-order valence-corrected chi connectivity index (χ4v) is 2.07. The molecule has 3 heterocycles. The van der Waals surface area contributed by atoms with E-state index in [4.69, 9.17) is 0 Å². The lowest BCUT2D eigenvalue weighted by Gasteiger charge is -2.10. The lowest BCUT2D eigenvalue weighted by molar-refractivity contribution is 0.756. The third-order valence-electron chi connectivity index (χ3n) is 3.18. The maximum atomic E-state index is 4.26. The fourth-order valence-electron chi connectivity index (χ4n) is 2.07. The molecule has 0 unspecified atom stereocenters. The molecule has 0 aliphatic heterocycles. The Hall–Kier alpha value is -2.23. The number of guanidine groups is 1. The van der Waals surface area contributed by atoms with E-state index in [1.807, 2.05) is 47.0 Å². The number of pyridine rings is 2. The second-order valence-electron chi connectivity index (χ2n) is 4.65. The molecule has 7 nitrogen and oxygen atoms in total. The summed E-state index contributed by atoms with van der Waals surface area (Å²) in [6.07, 6.45) is 3.71. The van der Waals surface area contributed by atoms with Gasteiger partial charge in [-0.25, -0.2) is 0 Å². The second-order valence-corrected chi connectivity index (χ2v) is 4.65. The Morgan fingerprint density at radius 1 is 1.09 bits per heavy atom. The number of rotatable bonds is 4. The minimum atomic E-state index is 0. The van der Waals surface area contributed by atoms with Crippen LogP contribution in [0.25, 0.3) is 5.65 Å². The maximum Gasteiger partial charge on any atom is 0.191 e. The van der Waals surface area contributed by atoms with E-state index in [1.54, 1.807) is 13.2 Å². The molecule has 0 saturated heterocycles. The Bertz CT molecular complexity index is 770. The summed E-state index contributed by atoms with van der Waals surface area (Å²) >= 11 is 0. The first-order chi connectivity index (χ1) is 10.9. The number of nitrogens with one attached hydrogen (secondary N) is 2. The van der Waals surface area contributed by atoms with Crippen LogP contribution in [0.5, 0.6) is 0 Å². The molecule has 3 aromatic heterocycles. The van der Waals surface area contributed by atoms with Crippen molar-refractivity contribution < 1.29 is 0 Å². The Morgan fingerprint density at radius 2 is 1.91 bits per heavy atom.